The number of likely N-dealkylation sites (N-methyl/N-ethyl adjacent to an activating group) is 1. The number of nitrogens with zero attached hydrogens (tertiary/aromatic N) is 2. The van der Waals surface area contributed by atoms with Crippen LogP contribution in [0.2, 0.25) is 0 Å². The summed E-state index contributed by atoms with van der Waals surface area (Å²) in [6.45, 7) is 0.694. The maximum atomic E-state index is 13.9. The number of nitrogens with two attached hydrogens (primary N) is 1. The number of hydrogen-bond acceptors (Lipinski definition) is 7. The van der Waals surface area contributed by atoms with Gasteiger partial charge in [0.1, 0.15) is 15.0 Å². The van der Waals surface area contributed by atoms with Crippen LogP contribution in [0.25, 0.3) is 0 Å². The zero-order valence-electron chi connectivity index (χ0n) is 15.3. The van der Waals surface area contributed by atoms with E-state index in [4.69, 9.17) is 5.73 Å². The van der Waals surface area contributed by atoms with Gasteiger partial charge in [-0.2, -0.15) is 4.31 Å². The molecule has 0 radical (unpaired) electrons. The molecular weight excluding hydrogens is 407 g/mol. The molecule has 2 heterocycles. The zero-order valence-corrected chi connectivity index (χ0v) is 16.9. The second kappa shape index (κ2) is 7.76. The Morgan fingerprint density at radius 3 is 2.61 bits per heavy atom. The number of aliphatic hydroxyl groups is 1. The average Bonchev–Trinajstić information content (AvgIpc) is 2.98. The zero-order chi connectivity index (χ0) is 20.6. The first-order chi connectivity index (χ1) is 13.1. The third-order valence-electron chi connectivity index (χ3n) is 4.60. The minimum atomic E-state index is -3.79. The molecule has 0 saturated carbocycles. The van der Waals surface area contributed by atoms with Crippen molar-refractivity contribution in [2.75, 3.05) is 32.5 Å². The highest BCUT2D eigenvalue weighted by molar-refractivity contribution is 7.91. The van der Waals surface area contributed by atoms with Crippen LogP contribution < -0.4 is 11.1 Å². The van der Waals surface area contributed by atoms with Crippen molar-refractivity contribution >= 4 is 32.3 Å². The number of thiophene rings is 1. The van der Waals surface area contributed by atoms with Crippen molar-refractivity contribution in [1.29, 1.82) is 0 Å². The van der Waals surface area contributed by atoms with Crippen molar-refractivity contribution in [2.24, 2.45) is 5.73 Å². The lowest BCUT2D eigenvalue weighted by molar-refractivity contribution is 0.100. The van der Waals surface area contributed by atoms with Gasteiger partial charge in [0.2, 0.25) is 0 Å². The van der Waals surface area contributed by atoms with Crippen LogP contribution in [-0.4, -0.2) is 61.9 Å². The Hall–Kier alpha value is -2.05. The number of nitrogens with one attached hydrogen (secondary N) is 1. The van der Waals surface area contributed by atoms with E-state index < -0.39 is 28.0 Å². The monoisotopic (exact) mass is 428 g/mol. The van der Waals surface area contributed by atoms with Gasteiger partial charge in [-0.15, -0.1) is 11.3 Å². The summed E-state index contributed by atoms with van der Waals surface area (Å²) in [4.78, 5) is 13.7. The van der Waals surface area contributed by atoms with E-state index in [1.807, 2.05) is 19.0 Å². The van der Waals surface area contributed by atoms with Gasteiger partial charge in [0, 0.05) is 24.7 Å². The maximum Gasteiger partial charge on any atom is 0.252 e. The van der Waals surface area contributed by atoms with Gasteiger partial charge in [-0.25, -0.2) is 12.8 Å². The summed E-state index contributed by atoms with van der Waals surface area (Å²) in [6, 6.07) is 6.90. The van der Waals surface area contributed by atoms with Gasteiger partial charge in [0.25, 0.3) is 15.9 Å². The number of carbonyl (C=O) groups is 1. The van der Waals surface area contributed by atoms with Gasteiger partial charge >= 0.3 is 0 Å². The van der Waals surface area contributed by atoms with Crippen molar-refractivity contribution in [3.05, 3.63) is 47.3 Å². The number of amides is 1. The quantitative estimate of drug-likeness (QED) is 0.567. The first-order valence-corrected chi connectivity index (χ1v) is 10.7. The molecule has 1 aromatic carbocycles. The molecule has 0 bridgehead atoms. The number of carbonyl (C=O) groups excluding carboxylic acids is 1. The van der Waals surface area contributed by atoms with Crippen molar-refractivity contribution in [3.8, 4) is 0 Å². The Bertz CT molecular complexity index is 987. The molecule has 0 aliphatic carbocycles. The second-order valence-electron chi connectivity index (χ2n) is 6.68. The molecule has 152 valence electrons. The third kappa shape index (κ3) is 3.89. The molecule has 1 aliphatic heterocycles. The summed E-state index contributed by atoms with van der Waals surface area (Å²) in [7, 11) is -0.0465. The Morgan fingerprint density at radius 1 is 1.39 bits per heavy atom. The Labute approximate surface area is 166 Å². The second-order valence-corrected chi connectivity index (χ2v) is 9.90. The number of benzene rings is 1. The van der Waals surface area contributed by atoms with E-state index in [1.165, 1.54) is 28.6 Å². The van der Waals surface area contributed by atoms with Crippen LogP contribution in [0.1, 0.15) is 22.1 Å². The lowest BCUT2D eigenvalue weighted by Gasteiger charge is -2.41. The van der Waals surface area contributed by atoms with Crippen LogP contribution >= 0.6 is 11.3 Å². The standard InChI is InChI=1S/C17H21FN4O4S2/c1-21(2)10-8-22(9-10)28(25,26)14-7-12(15(19)23)17(27-14)20-16(24)11-5-3-4-6-13(11)18/h3-7,10,16,20,24H,8-9H2,1-2H3,(H2,19,23). The normalized spacial score (nSPS) is 16.8. The summed E-state index contributed by atoms with van der Waals surface area (Å²) in [6.07, 6.45) is -1.48. The molecule has 4 N–H and O–H groups in total. The number of halogens is 1. The lowest BCUT2D eigenvalue weighted by atomic mass is 10.2. The molecule has 1 atom stereocenters. The molecule has 11 heteroatoms. The minimum absolute atomic E-state index is 0.0349. The molecular formula is C17H21FN4O4S2. The molecule has 1 saturated heterocycles. The van der Waals surface area contributed by atoms with Crippen molar-refractivity contribution in [2.45, 2.75) is 16.5 Å². The van der Waals surface area contributed by atoms with E-state index in [0.29, 0.717) is 13.1 Å². The molecule has 1 unspecified atom stereocenters. The van der Waals surface area contributed by atoms with Gasteiger partial charge in [-0.05, 0) is 26.2 Å². The number of sulfonamides is 1. The molecule has 8 nitrogen and oxygen atoms in total. The number of aliphatic hydroxyl groups excluding tert-OH is 1. The molecule has 1 fully saturated rings. The first kappa shape index (κ1) is 20.7. The highest BCUT2D eigenvalue weighted by Gasteiger charge is 2.39. The Kier molecular flexibility index (Phi) is 5.73. The fourth-order valence-corrected chi connectivity index (χ4v) is 5.81. The average molecular weight is 429 g/mol. The van der Waals surface area contributed by atoms with E-state index >= 15 is 0 Å². The highest BCUT2D eigenvalue weighted by atomic mass is 32.2. The van der Waals surface area contributed by atoms with Crippen LogP contribution in [0.5, 0.6) is 0 Å². The van der Waals surface area contributed by atoms with Gasteiger partial charge in [-0.1, -0.05) is 18.2 Å². The fourth-order valence-electron chi connectivity index (χ4n) is 2.75. The van der Waals surface area contributed by atoms with Gasteiger partial charge in [-0.3, -0.25) is 4.79 Å². The highest BCUT2D eigenvalue weighted by Crippen LogP contribution is 2.36. The Morgan fingerprint density at radius 2 is 2.04 bits per heavy atom. The molecule has 28 heavy (non-hydrogen) atoms. The molecule has 0 spiro atoms. The number of rotatable bonds is 7. The molecule has 1 amide bonds. The van der Waals surface area contributed by atoms with Crippen LogP contribution in [0.15, 0.2) is 34.5 Å². The van der Waals surface area contributed by atoms with E-state index in [9.17, 15) is 22.7 Å². The van der Waals surface area contributed by atoms with Gasteiger partial charge in [0.15, 0.2) is 6.23 Å². The van der Waals surface area contributed by atoms with E-state index in [1.54, 1.807) is 6.07 Å². The minimum Gasteiger partial charge on any atom is -0.369 e. The number of primary amides is 1. The van der Waals surface area contributed by atoms with Gasteiger partial charge < -0.3 is 21.1 Å². The molecule has 1 aliphatic rings. The number of hydrogen-bond donors (Lipinski definition) is 3. The topological polar surface area (TPSA) is 116 Å². The molecule has 1 aromatic heterocycles. The van der Waals surface area contributed by atoms with E-state index in [-0.39, 0.29) is 26.4 Å². The van der Waals surface area contributed by atoms with Crippen molar-refractivity contribution < 1.29 is 22.7 Å². The van der Waals surface area contributed by atoms with E-state index in [2.05, 4.69) is 5.32 Å². The summed E-state index contributed by atoms with van der Waals surface area (Å²) in [5, 5.41) is 12.9. The number of anilines is 1. The predicted molar refractivity (Wildman–Crippen MR) is 104 cm³/mol. The largest absolute Gasteiger partial charge is 0.369 e. The summed E-state index contributed by atoms with van der Waals surface area (Å²) in [5.74, 6) is -1.49. The van der Waals surface area contributed by atoms with Crippen molar-refractivity contribution in [1.82, 2.24) is 9.21 Å². The Balaban J connectivity index is 1.86. The third-order valence-corrected chi connectivity index (χ3v) is 7.94. The molecule has 2 aromatic rings. The SMILES string of the molecule is CN(C)C1CN(S(=O)(=O)c2cc(C(N)=O)c(NC(O)c3ccccc3F)s2)C1. The maximum absolute atomic E-state index is 13.9. The van der Waals surface area contributed by atoms with E-state index in [0.717, 1.165) is 11.3 Å². The predicted octanol–water partition coefficient (Wildman–Crippen LogP) is 1.02. The van der Waals surface area contributed by atoms with Gasteiger partial charge in [0.05, 0.1) is 5.56 Å². The van der Waals surface area contributed by atoms with Crippen LogP contribution in [0.4, 0.5) is 9.39 Å². The smallest absolute Gasteiger partial charge is 0.252 e. The van der Waals surface area contributed by atoms with Crippen LogP contribution in [0, 0.1) is 5.82 Å². The summed E-state index contributed by atoms with van der Waals surface area (Å²) >= 11 is 0.773. The lowest BCUT2D eigenvalue weighted by Crippen LogP contribution is -2.58. The summed E-state index contributed by atoms with van der Waals surface area (Å²) < 4.78 is 40.7. The van der Waals surface area contributed by atoms with Crippen LogP contribution in [-0.2, 0) is 10.0 Å². The summed E-state index contributed by atoms with van der Waals surface area (Å²) in [5.41, 5.74) is 5.24. The van der Waals surface area contributed by atoms with Crippen molar-refractivity contribution in [3.63, 3.8) is 0 Å². The fraction of sp³-hybridized carbons (Fsp3) is 0.353. The van der Waals surface area contributed by atoms with Crippen LogP contribution in [0.3, 0.4) is 0 Å². The molecule has 3 rings (SSSR count). The first-order valence-electron chi connectivity index (χ1n) is 8.40.